The summed E-state index contributed by atoms with van der Waals surface area (Å²) in [6, 6.07) is 5.67. The molecule has 1 atom stereocenters. The molecule has 110 valence electrons. The molecule has 8 heteroatoms. The average molecular weight is 307 g/mol. The molecule has 0 saturated carbocycles. The molecule has 1 unspecified atom stereocenters. The van der Waals surface area contributed by atoms with Gasteiger partial charge in [0.2, 0.25) is 0 Å². The van der Waals surface area contributed by atoms with Gasteiger partial charge >= 0.3 is 5.97 Å². The van der Waals surface area contributed by atoms with E-state index in [0.29, 0.717) is 16.9 Å². The number of carbonyl (C=O) groups is 1. The Morgan fingerprint density at radius 3 is 2.76 bits per heavy atom. The molecule has 21 heavy (non-hydrogen) atoms. The van der Waals surface area contributed by atoms with Crippen molar-refractivity contribution in [3.8, 4) is 0 Å². The third-order valence-electron chi connectivity index (χ3n) is 3.53. The third kappa shape index (κ3) is 1.99. The number of hydrogen-bond donors (Lipinski definition) is 2. The normalized spacial score (nSPS) is 17.8. The first-order valence-electron chi connectivity index (χ1n) is 6.28. The topological polar surface area (TPSA) is 103 Å². The van der Waals surface area contributed by atoms with Gasteiger partial charge in [0.05, 0.1) is 17.6 Å². The maximum absolute atomic E-state index is 12.8. The maximum Gasteiger partial charge on any atom is 0.327 e. The van der Waals surface area contributed by atoms with Gasteiger partial charge in [-0.3, -0.25) is 9.40 Å². The van der Waals surface area contributed by atoms with Crippen molar-refractivity contribution in [1.82, 2.24) is 10.2 Å². The maximum atomic E-state index is 12.8. The fraction of sp³-hybridized carbons (Fsp3) is 0.231. The summed E-state index contributed by atoms with van der Waals surface area (Å²) in [5, 5.41) is 15.6. The molecular weight excluding hydrogens is 294 g/mol. The van der Waals surface area contributed by atoms with Crippen LogP contribution in [-0.4, -0.2) is 35.7 Å². The molecule has 2 heterocycles. The van der Waals surface area contributed by atoms with E-state index in [9.17, 15) is 18.3 Å². The van der Waals surface area contributed by atoms with Gasteiger partial charge in [0, 0.05) is 6.42 Å². The fourth-order valence-electron chi connectivity index (χ4n) is 2.55. The second-order valence-electron chi connectivity index (χ2n) is 4.85. The lowest BCUT2D eigenvalue weighted by atomic mass is 10.1. The molecule has 0 bridgehead atoms. The van der Waals surface area contributed by atoms with Crippen molar-refractivity contribution in [2.75, 3.05) is 4.31 Å². The highest BCUT2D eigenvalue weighted by Gasteiger charge is 2.43. The van der Waals surface area contributed by atoms with Crippen LogP contribution >= 0.6 is 0 Å². The van der Waals surface area contributed by atoms with E-state index < -0.39 is 22.0 Å². The fourth-order valence-corrected chi connectivity index (χ4v) is 4.32. The van der Waals surface area contributed by atoms with Gasteiger partial charge in [-0.1, -0.05) is 18.2 Å². The van der Waals surface area contributed by atoms with Crippen LogP contribution in [0.15, 0.2) is 35.4 Å². The Labute approximate surface area is 121 Å². The molecule has 0 radical (unpaired) electrons. The zero-order valence-corrected chi connectivity index (χ0v) is 12.0. The van der Waals surface area contributed by atoms with Gasteiger partial charge in [-0.15, -0.1) is 0 Å². The van der Waals surface area contributed by atoms with Crippen LogP contribution in [0, 0.1) is 6.92 Å². The summed E-state index contributed by atoms with van der Waals surface area (Å²) in [7, 11) is -3.97. The number of anilines is 1. The molecule has 1 aromatic heterocycles. The lowest BCUT2D eigenvalue weighted by Crippen LogP contribution is -2.42. The number of benzene rings is 1. The van der Waals surface area contributed by atoms with E-state index in [1.54, 1.807) is 31.2 Å². The number of aryl methyl sites for hydroxylation is 1. The van der Waals surface area contributed by atoms with Crippen molar-refractivity contribution in [3.63, 3.8) is 0 Å². The molecule has 3 rings (SSSR count). The van der Waals surface area contributed by atoms with Gasteiger partial charge in [0.25, 0.3) is 10.0 Å². The first-order valence-corrected chi connectivity index (χ1v) is 7.72. The smallest absolute Gasteiger partial charge is 0.327 e. The number of para-hydroxylation sites is 1. The van der Waals surface area contributed by atoms with Gasteiger partial charge in [-0.2, -0.15) is 5.10 Å². The number of hydrogen-bond acceptors (Lipinski definition) is 4. The van der Waals surface area contributed by atoms with E-state index in [1.807, 2.05) is 0 Å². The predicted molar refractivity (Wildman–Crippen MR) is 74.6 cm³/mol. The highest BCUT2D eigenvalue weighted by Crippen LogP contribution is 2.37. The molecule has 1 aliphatic rings. The first kappa shape index (κ1) is 13.6. The Hall–Kier alpha value is -2.35. The van der Waals surface area contributed by atoms with Crippen LogP contribution < -0.4 is 4.31 Å². The summed E-state index contributed by atoms with van der Waals surface area (Å²) >= 11 is 0. The van der Waals surface area contributed by atoms with E-state index in [1.165, 1.54) is 6.20 Å². The van der Waals surface area contributed by atoms with E-state index >= 15 is 0 Å². The van der Waals surface area contributed by atoms with Crippen LogP contribution in [-0.2, 0) is 21.2 Å². The second-order valence-corrected chi connectivity index (χ2v) is 6.63. The van der Waals surface area contributed by atoms with Gasteiger partial charge in [-0.05, 0) is 18.6 Å². The summed E-state index contributed by atoms with van der Waals surface area (Å²) in [6.07, 6.45) is 1.35. The molecule has 0 amide bonds. The zero-order valence-electron chi connectivity index (χ0n) is 11.1. The quantitative estimate of drug-likeness (QED) is 0.877. The van der Waals surface area contributed by atoms with E-state index in [2.05, 4.69) is 10.2 Å². The number of aliphatic carboxylic acids is 1. The molecule has 0 spiro atoms. The molecule has 0 fully saturated rings. The van der Waals surface area contributed by atoms with Crippen LogP contribution in [0.1, 0.15) is 11.3 Å². The van der Waals surface area contributed by atoms with Gasteiger partial charge in [0.1, 0.15) is 10.9 Å². The highest BCUT2D eigenvalue weighted by molar-refractivity contribution is 7.93. The summed E-state index contributed by atoms with van der Waals surface area (Å²) in [6.45, 7) is 1.58. The molecule has 2 N–H and O–H groups in total. The monoisotopic (exact) mass is 307 g/mol. The number of nitrogens with zero attached hydrogens (tertiary/aromatic N) is 2. The third-order valence-corrected chi connectivity index (χ3v) is 5.47. The minimum Gasteiger partial charge on any atom is -0.480 e. The van der Waals surface area contributed by atoms with Crippen molar-refractivity contribution in [3.05, 3.63) is 41.7 Å². The van der Waals surface area contributed by atoms with Crippen molar-refractivity contribution < 1.29 is 18.3 Å². The Bertz CT molecular complexity index is 812. The van der Waals surface area contributed by atoms with Crippen LogP contribution in [0.5, 0.6) is 0 Å². The largest absolute Gasteiger partial charge is 0.480 e. The summed E-state index contributed by atoms with van der Waals surface area (Å²) < 4.78 is 26.6. The first-order chi connectivity index (χ1) is 9.93. The molecule has 0 saturated heterocycles. The number of rotatable bonds is 3. The van der Waals surface area contributed by atoms with Crippen LogP contribution in [0.3, 0.4) is 0 Å². The SMILES string of the molecule is Cc1[nH]ncc1S(=O)(=O)N1c2ccccc2CC1C(=O)O. The Kier molecular flexibility index (Phi) is 2.98. The minimum absolute atomic E-state index is 0.00884. The number of carboxylic acids is 1. The molecule has 1 aromatic carbocycles. The van der Waals surface area contributed by atoms with Crippen molar-refractivity contribution in [2.45, 2.75) is 24.3 Å². The minimum atomic E-state index is -3.97. The average Bonchev–Trinajstić information content (AvgIpc) is 3.02. The molecular formula is C13H13N3O4S. The lowest BCUT2D eigenvalue weighted by molar-refractivity contribution is -0.138. The zero-order chi connectivity index (χ0) is 15.2. The number of H-pyrrole nitrogens is 1. The predicted octanol–water partition coefficient (Wildman–Crippen LogP) is 0.923. The van der Waals surface area contributed by atoms with E-state index in [4.69, 9.17) is 0 Å². The van der Waals surface area contributed by atoms with Crippen molar-refractivity contribution >= 4 is 21.7 Å². The molecule has 0 aliphatic carbocycles. The number of nitrogens with one attached hydrogen (secondary N) is 1. The standard InChI is InChI=1S/C13H13N3O4S/c1-8-12(7-14-15-8)21(19,20)16-10-5-3-2-4-9(10)6-11(16)13(17)18/h2-5,7,11H,6H2,1H3,(H,14,15)(H,17,18). The number of fused-ring (bicyclic) bond motifs is 1. The van der Waals surface area contributed by atoms with E-state index in [0.717, 1.165) is 4.31 Å². The summed E-state index contributed by atoms with van der Waals surface area (Å²) in [4.78, 5) is 11.4. The van der Waals surface area contributed by atoms with Gasteiger partial charge in [0.15, 0.2) is 0 Å². The van der Waals surface area contributed by atoms with Crippen molar-refractivity contribution in [2.24, 2.45) is 0 Å². The lowest BCUT2D eigenvalue weighted by Gasteiger charge is -2.23. The van der Waals surface area contributed by atoms with Crippen molar-refractivity contribution in [1.29, 1.82) is 0 Å². The van der Waals surface area contributed by atoms with Crippen LogP contribution in [0.2, 0.25) is 0 Å². The number of carboxylic acid groups (broad SMARTS) is 1. The second kappa shape index (κ2) is 4.59. The number of aromatic amines is 1. The van der Waals surface area contributed by atoms with E-state index in [-0.39, 0.29) is 11.3 Å². The molecule has 7 nitrogen and oxygen atoms in total. The Morgan fingerprint density at radius 1 is 1.43 bits per heavy atom. The summed E-state index contributed by atoms with van der Waals surface area (Å²) in [5.41, 5.74) is 1.49. The number of sulfonamides is 1. The molecule has 1 aliphatic heterocycles. The molecule has 2 aromatic rings. The Morgan fingerprint density at radius 2 is 2.14 bits per heavy atom. The van der Waals surface area contributed by atoms with Gasteiger partial charge in [-0.25, -0.2) is 13.2 Å². The highest BCUT2D eigenvalue weighted by atomic mass is 32.2. The Balaban J connectivity index is 2.19. The van der Waals surface area contributed by atoms with Crippen LogP contribution in [0.4, 0.5) is 5.69 Å². The van der Waals surface area contributed by atoms with Crippen LogP contribution in [0.25, 0.3) is 0 Å². The summed E-state index contributed by atoms with van der Waals surface area (Å²) in [5.74, 6) is -1.17. The van der Waals surface area contributed by atoms with Gasteiger partial charge < -0.3 is 5.11 Å². The number of aromatic nitrogens is 2.